The maximum Gasteiger partial charge on any atom is 0.127 e. The smallest absolute Gasteiger partial charge is 0.127 e. The molecule has 0 aromatic heterocycles. The van der Waals surface area contributed by atoms with Gasteiger partial charge in [0.1, 0.15) is 5.84 Å². The van der Waals surface area contributed by atoms with E-state index in [1.807, 2.05) is 12.1 Å². The van der Waals surface area contributed by atoms with Crippen LogP contribution in [-0.2, 0) is 19.6 Å². The molecular weight excluding hydrogens is 336 g/mol. The molecule has 0 unspecified atom stereocenters. The van der Waals surface area contributed by atoms with Crippen molar-refractivity contribution in [3.63, 3.8) is 0 Å². The van der Waals surface area contributed by atoms with E-state index >= 15 is 0 Å². The zero-order chi connectivity index (χ0) is 19.2. The number of amidine groups is 1. The van der Waals surface area contributed by atoms with Crippen LogP contribution in [0.2, 0.25) is 0 Å². The molecule has 6 heteroatoms. The Labute approximate surface area is 159 Å². The molecule has 3 rings (SSSR count). The summed E-state index contributed by atoms with van der Waals surface area (Å²) in [4.78, 5) is 10.7. The van der Waals surface area contributed by atoms with E-state index in [1.54, 1.807) is 18.3 Å². The number of nitrogens with zero attached hydrogens (tertiary/aromatic N) is 3. The molecule has 0 aliphatic carbocycles. The molecule has 2 aromatic carbocycles. The Kier molecular flexibility index (Phi) is 5.78. The molecule has 1 heterocycles. The molecular formula is C21H24N6. The fourth-order valence-electron chi connectivity index (χ4n) is 3.08. The fraction of sp³-hybridized carbons (Fsp3) is 0.190. The van der Waals surface area contributed by atoms with Gasteiger partial charge in [0.05, 0.1) is 6.54 Å². The van der Waals surface area contributed by atoms with Gasteiger partial charge < -0.3 is 16.5 Å². The second-order valence-corrected chi connectivity index (χ2v) is 6.59. The lowest BCUT2D eigenvalue weighted by Gasteiger charge is -2.09. The van der Waals surface area contributed by atoms with Crippen LogP contribution in [0.1, 0.15) is 22.3 Å². The van der Waals surface area contributed by atoms with E-state index in [-0.39, 0.29) is 0 Å². The highest BCUT2D eigenvalue weighted by Gasteiger charge is 2.15. The number of nitrogens with two attached hydrogens (primary N) is 1. The third-order valence-corrected chi connectivity index (χ3v) is 4.44. The zero-order valence-corrected chi connectivity index (χ0v) is 15.4. The van der Waals surface area contributed by atoms with Crippen LogP contribution in [0.25, 0.3) is 0 Å². The summed E-state index contributed by atoms with van der Waals surface area (Å²) < 4.78 is 0. The Balaban J connectivity index is 1.78. The summed E-state index contributed by atoms with van der Waals surface area (Å²) in [5, 5.41) is 10.7. The minimum atomic E-state index is 0.563. The van der Waals surface area contributed by atoms with E-state index in [0.29, 0.717) is 23.6 Å². The lowest BCUT2D eigenvalue weighted by Crippen LogP contribution is -2.10. The normalized spacial score (nSPS) is 14.3. The summed E-state index contributed by atoms with van der Waals surface area (Å²) in [7, 11) is 2.13. The molecule has 2 aromatic rings. The van der Waals surface area contributed by atoms with Crippen LogP contribution in [0, 0.1) is 5.41 Å². The number of hydrogen-bond donors (Lipinski definition) is 3. The lowest BCUT2D eigenvalue weighted by atomic mass is 10.1. The van der Waals surface area contributed by atoms with Crippen molar-refractivity contribution < 1.29 is 0 Å². The standard InChI is InChI=1S/C21H24N6/c1-24-8-7-21(26-19-5-6-20(23)17(10-19)11-22)25-12-15-3-4-16-13-27(2)14-18(16)9-15/h3-11,22H,1,12-14,23H2,2H3,(H,25,26)/b8-7-,22-11?. The quantitative estimate of drug-likeness (QED) is 0.419. The SMILES string of the molecule is C=N/C=C\C(=N/Cc1ccc2c(c1)CN(C)C2)Nc1ccc(N)c(C=N)c1. The minimum Gasteiger partial charge on any atom is -0.398 e. The van der Waals surface area contributed by atoms with Crippen molar-refractivity contribution in [2.75, 3.05) is 18.1 Å². The Morgan fingerprint density at radius 1 is 1.26 bits per heavy atom. The molecule has 0 bridgehead atoms. The van der Waals surface area contributed by atoms with E-state index in [4.69, 9.17) is 11.1 Å². The maximum atomic E-state index is 7.44. The van der Waals surface area contributed by atoms with Crippen LogP contribution in [0.4, 0.5) is 11.4 Å². The predicted molar refractivity (Wildman–Crippen MR) is 114 cm³/mol. The summed E-state index contributed by atoms with van der Waals surface area (Å²) in [5.41, 5.74) is 11.8. The summed E-state index contributed by atoms with van der Waals surface area (Å²) in [5.74, 6) is 0.667. The van der Waals surface area contributed by atoms with E-state index < -0.39 is 0 Å². The van der Waals surface area contributed by atoms with Gasteiger partial charge in [-0.2, -0.15) is 0 Å². The van der Waals surface area contributed by atoms with Crippen LogP contribution in [0.5, 0.6) is 0 Å². The highest BCUT2D eigenvalue weighted by molar-refractivity contribution is 6.04. The molecule has 1 aliphatic heterocycles. The van der Waals surface area contributed by atoms with Crippen LogP contribution >= 0.6 is 0 Å². The van der Waals surface area contributed by atoms with Crippen molar-refractivity contribution in [2.24, 2.45) is 9.98 Å². The molecule has 0 radical (unpaired) electrons. The number of nitrogen functional groups attached to an aromatic ring is 1. The Morgan fingerprint density at radius 2 is 2.07 bits per heavy atom. The number of benzene rings is 2. The zero-order valence-electron chi connectivity index (χ0n) is 15.4. The second-order valence-electron chi connectivity index (χ2n) is 6.59. The molecule has 6 nitrogen and oxygen atoms in total. The van der Waals surface area contributed by atoms with Gasteiger partial charge in [0.2, 0.25) is 0 Å². The number of hydrogen-bond acceptors (Lipinski definition) is 5. The Hall–Kier alpha value is -3.25. The van der Waals surface area contributed by atoms with Gasteiger partial charge in [0, 0.05) is 42.4 Å². The number of fused-ring (bicyclic) bond motifs is 1. The average molecular weight is 360 g/mol. The molecule has 0 atom stereocenters. The third-order valence-electron chi connectivity index (χ3n) is 4.44. The van der Waals surface area contributed by atoms with E-state index in [2.05, 4.69) is 52.2 Å². The lowest BCUT2D eigenvalue weighted by molar-refractivity contribution is 0.353. The van der Waals surface area contributed by atoms with Gasteiger partial charge in [0.25, 0.3) is 0 Å². The van der Waals surface area contributed by atoms with Gasteiger partial charge in [-0.05, 0) is 54.7 Å². The first-order chi connectivity index (χ1) is 13.1. The highest BCUT2D eigenvalue weighted by atomic mass is 15.1. The van der Waals surface area contributed by atoms with Gasteiger partial charge in [0.15, 0.2) is 0 Å². The number of nitrogens with one attached hydrogen (secondary N) is 2. The molecule has 27 heavy (non-hydrogen) atoms. The Bertz CT molecular complexity index is 913. The second kappa shape index (κ2) is 8.42. The molecule has 0 saturated carbocycles. The van der Waals surface area contributed by atoms with Gasteiger partial charge in [-0.15, -0.1) is 0 Å². The first-order valence-corrected chi connectivity index (χ1v) is 8.72. The van der Waals surface area contributed by atoms with E-state index in [1.165, 1.54) is 22.9 Å². The predicted octanol–water partition coefficient (Wildman–Crippen LogP) is 3.44. The van der Waals surface area contributed by atoms with Crippen molar-refractivity contribution in [1.82, 2.24) is 4.90 Å². The highest BCUT2D eigenvalue weighted by Crippen LogP contribution is 2.23. The first-order valence-electron chi connectivity index (χ1n) is 8.72. The van der Waals surface area contributed by atoms with Crippen molar-refractivity contribution in [1.29, 1.82) is 5.41 Å². The summed E-state index contributed by atoms with van der Waals surface area (Å²) in [6, 6.07) is 12.0. The van der Waals surface area contributed by atoms with Gasteiger partial charge in [-0.25, -0.2) is 0 Å². The Morgan fingerprint density at radius 3 is 2.85 bits per heavy atom. The molecule has 0 spiro atoms. The monoisotopic (exact) mass is 360 g/mol. The molecule has 0 fully saturated rings. The van der Waals surface area contributed by atoms with Gasteiger partial charge >= 0.3 is 0 Å². The fourth-order valence-corrected chi connectivity index (χ4v) is 3.08. The summed E-state index contributed by atoms with van der Waals surface area (Å²) in [6.07, 6.45) is 4.60. The maximum absolute atomic E-state index is 7.44. The van der Waals surface area contributed by atoms with Gasteiger partial charge in [-0.3, -0.25) is 14.9 Å². The number of anilines is 2. The van der Waals surface area contributed by atoms with Crippen LogP contribution in [0.3, 0.4) is 0 Å². The van der Waals surface area contributed by atoms with Crippen molar-refractivity contribution in [3.8, 4) is 0 Å². The van der Waals surface area contributed by atoms with Gasteiger partial charge in [-0.1, -0.05) is 18.2 Å². The topological polar surface area (TPSA) is 89.9 Å². The van der Waals surface area contributed by atoms with Crippen molar-refractivity contribution >= 4 is 30.1 Å². The molecule has 4 N–H and O–H groups in total. The molecule has 138 valence electrons. The van der Waals surface area contributed by atoms with E-state index in [9.17, 15) is 0 Å². The minimum absolute atomic E-state index is 0.563. The summed E-state index contributed by atoms with van der Waals surface area (Å²) in [6.45, 7) is 6.02. The van der Waals surface area contributed by atoms with Crippen LogP contribution in [-0.4, -0.2) is 30.7 Å². The molecule has 0 amide bonds. The van der Waals surface area contributed by atoms with Crippen molar-refractivity contribution in [2.45, 2.75) is 19.6 Å². The van der Waals surface area contributed by atoms with Crippen LogP contribution in [0.15, 0.2) is 58.7 Å². The molecule has 1 aliphatic rings. The molecule has 0 saturated heterocycles. The summed E-state index contributed by atoms with van der Waals surface area (Å²) >= 11 is 0. The van der Waals surface area contributed by atoms with Crippen LogP contribution < -0.4 is 11.1 Å². The number of aliphatic imine (C=N–C) groups is 2. The first kappa shape index (κ1) is 18.5. The number of rotatable bonds is 6. The average Bonchev–Trinajstić information content (AvgIpc) is 3.04. The third kappa shape index (κ3) is 4.68. The van der Waals surface area contributed by atoms with E-state index in [0.717, 1.165) is 18.8 Å². The largest absolute Gasteiger partial charge is 0.398 e. The van der Waals surface area contributed by atoms with Crippen molar-refractivity contribution in [3.05, 3.63) is 70.9 Å².